The minimum absolute atomic E-state index is 0.362. The molecule has 0 radical (unpaired) electrons. The van der Waals surface area contributed by atoms with Crippen molar-refractivity contribution in [3.8, 4) is 50.2 Å². The maximum absolute atomic E-state index is 2.39. The molecule has 63 heavy (non-hydrogen) atoms. The van der Waals surface area contributed by atoms with Crippen LogP contribution in [0, 0.1) is 0 Å². The van der Waals surface area contributed by atoms with Crippen molar-refractivity contribution in [3.05, 3.63) is 243 Å². The summed E-state index contributed by atoms with van der Waals surface area (Å²) in [6, 6.07) is 88.7. The third kappa shape index (κ3) is 6.76. The van der Waals surface area contributed by atoms with Gasteiger partial charge in [-0.05, 0) is 57.6 Å². The van der Waals surface area contributed by atoms with E-state index in [2.05, 4.69) is 252 Å². The molecule has 0 saturated heterocycles. The molecule has 2 nitrogen and oxygen atoms in total. The van der Waals surface area contributed by atoms with E-state index in [1.54, 1.807) is 0 Å². The van der Waals surface area contributed by atoms with Gasteiger partial charge in [-0.3, -0.25) is 0 Å². The van der Waals surface area contributed by atoms with E-state index < -0.39 is 0 Å². The van der Waals surface area contributed by atoms with E-state index in [4.69, 9.17) is 0 Å². The molecule has 10 aromatic carbocycles. The number of rotatable bonds is 8. The molecule has 0 N–H and O–H groups in total. The molecule has 0 saturated carbocycles. The molecule has 0 bridgehead atoms. The molecule has 0 aliphatic rings. The van der Waals surface area contributed by atoms with Gasteiger partial charge in [-0.1, -0.05) is 103 Å². The summed E-state index contributed by atoms with van der Waals surface area (Å²) in [7, 11) is 0. The molecule has 2 aromatic heterocycles. The minimum Gasteiger partial charge on any atom is -0.0617 e. The van der Waals surface area contributed by atoms with Crippen LogP contribution < -0.4 is 4.90 Å². The third-order valence-corrected chi connectivity index (χ3v) is 14.8. The second-order valence-electron chi connectivity index (χ2n) is 16.1. The van der Waals surface area contributed by atoms with E-state index in [-0.39, 0.29) is 0 Å². The molecular weight excluding hydrogens is 828 g/mol. The summed E-state index contributed by atoms with van der Waals surface area (Å²) >= 11 is 0.362. The topological polar surface area (TPSA) is 8.17 Å². The summed E-state index contributed by atoms with van der Waals surface area (Å²) in [5.41, 5.74) is 16.5. The second-order valence-corrected chi connectivity index (χ2v) is 18.4. The van der Waals surface area contributed by atoms with Gasteiger partial charge in [0.2, 0.25) is 0 Å². The predicted octanol–water partition coefficient (Wildman–Crippen LogP) is 16.3. The van der Waals surface area contributed by atoms with Gasteiger partial charge < -0.3 is 4.57 Å². The summed E-state index contributed by atoms with van der Waals surface area (Å²) < 4.78 is 5.32. The Morgan fingerprint density at radius 2 is 0.683 bits per heavy atom. The Morgan fingerprint density at radius 3 is 1.30 bits per heavy atom. The number of nitrogens with zero attached hydrogens (tertiary/aromatic N) is 2. The molecule has 0 atom stereocenters. The van der Waals surface area contributed by atoms with Crippen LogP contribution >= 0.6 is 0 Å². The summed E-state index contributed by atoms with van der Waals surface area (Å²) in [4.78, 5) is 2.37. The smallest absolute Gasteiger partial charge is 0.0617 e. The average molecular weight is 868 g/mol. The number of benzene rings is 10. The second kappa shape index (κ2) is 15.7. The molecule has 0 aliphatic heterocycles. The van der Waals surface area contributed by atoms with E-state index >= 15 is 0 Å². The monoisotopic (exact) mass is 868 g/mol. The van der Waals surface area contributed by atoms with Crippen molar-refractivity contribution < 1.29 is 0 Å². The van der Waals surface area contributed by atoms with Crippen LogP contribution in [0.15, 0.2) is 243 Å². The summed E-state index contributed by atoms with van der Waals surface area (Å²) in [6.45, 7) is 0. The SMILES string of the molecule is c1ccc(-c2ccc(-c3ccc(N(c4ccc(-c5ccc6[se]c7ccccc7c6c5)cc4)c4ccc(-c5ccc6c7ccccc7n(-c7ccccc7)c6c5)cc4)cc3)cc2)cc1. The summed E-state index contributed by atoms with van der Waals surface area (Å²) in [5, 5.41) is 5.28. The van der Waals surface area contributed by atoms with Crippen molar-refractivity contribution in [1.29, 1.82) is 0 Å². The summed E-state index contributed by atoms with van der Waals surface area (Å²) in [5.74, 6) is 0. The first-order chi connectivity index (χ1) is 31.2. The molecule has 0 unspecified atom stereocenters. The minimum atomic E-state index is 0.362. The van der Waals surface area contributed by atoms with E-state index in [0.717, 1.165) is 22.7 Å². The van der Waals surface area contributed by atoms with E-state index in [0.29, 0.717) is 14.5 Å². The van der Waals surface area contributed by atoms with Gasteiger partial charge in [-0.2, -0.15) is 0 Å². The molecule has 2 heterocycles. The molecule has 12 rings (SSSR count). The Labute approximate surface area is 372 Å². The van der Waals surface area contributed by atoms with Crippen LogP contribution in [0.1, 0.15) is 0 Å². The van der Waals surface area contributed by atoms with Crippen molar-refractivity contribution in [2.75, 3.05) is 4.90 Å². The van der Waals surface area contributed by atoms with Gasteiger partial charge in [0, 0.05) is 16.5 Å². The number of hydrogen-bond acceptors (Lipinski definition) is 1. The number of aromatic nitrogens is 1. The van der Waals surface area contributed by atoms with Crippen molar-refractivity contribution in [2.24, 2.45) is 0 Å². The number of anilines is 3. The fourth-order valence-corrected chi connectivity index (χ4v) is 11.5. The van der Waals surface area contributed by atoms with Crippen LogP contribution in [-0.4, -0.2) is 19.1 Å². The average Bonchev–Trinajstić information content (AvgIpc) is 3.90. The Hall–Kier alpha value is -7.68. The Bertz CT molecular complexity index is 3570. The van der Waals surface area contributed by atoms with Crippen molar-refractivity contribution in [2.45, 2.75) is 0 Å². The Morgan fingerprint density at radius 1 is 0.270 bits per heavy atom. The number of fused-ring (bicyclic) bond motifs is 6. The van der Waals surface area contributed by atoms with E-state index in [9.17, 15) is 0 Å². The first-order valence-corrected chi connectivity index (χ1v) is 23.2. The van der Waals surface area contributed by atoms with Gasteiger partial charge in [0.05, 0.1) is 11.0 Å². The van der Waals surface area contributed by atoms with E-state index in [1.165, 1.54) is 85.6 Å². The molecule has 12 aromatic rings. The van der Waals surface area contributed by atoms with Crippen molar-refractivity contribution in [3.63, 3.8) is 0 Å². The van der Waals surface area contributed by atoms with Crippen LogP contribution in [-0.2, 0) is 0 Å². The van der Waals surface area contributed by atoms with Gasteiger partial charge >= 0.3 is 182 Å². The molecular formula is C60H40N2Se. The van der Waals surface area contributed by atoms with Crippen LogP contribution in [0.25, 0.3) is 91.3 Å². The third-order valence-electron chi connectivity index (χ3n) is 12.4. The molecule has 0 amide bonds. The first-order valence-electron chi connectivity index (χ1n) is 21.5. The van der Waals surface area contributed by atoms with Crippen LogP contribution in [0.5, 0.6) is 0 Å². The fraction of sp³-hybridized carbons (Fsp3) is 0. The van der Waals surface area contributed by atoms with Crippen LogP contribution in [0.2, 0.25) is 0 Å². The molecule has 0 spiro atoms. The summed E-state index contributed by atoms with van der Waals surface area (Å²) in [6.07, 6.45) is 0. The fourth-order valence-electron chi connectivity index (χ4n) is 9.25. The zero-order valence-electron chi connectivity index (χ0n) is 34.4. The Kier molecular flexibility index (Phi) is 9.22. The number of hydrogen-bond donors (Lipinski definition) is 0. The van der Waals surface area contributed by atoms with Gasteiger partial charge in [0.1, 0.15) is 0 Å². The maximum atomic E-state index is 2.39. The molecule has 0 aliphatic carbocycles. The zero-order valence-corrected chi connectivity index (χ0v) is 36.1. The van der Waals surface area contributed by atoms with Crippen LogP contribution in [0.4, 0.5) is 17.1 Å². The number of para-hydroxylation sites is 2. The first kappa shape index (κ1) is 37.1. The zero-order chi connectivity index (χ0) is 41.7. The molecule has 0 fully saturated rings. The molecule has 296 valence electrons. The van der Waals surface area contributed by atoms with Crippen molar-refractivity contribution in [1.82, 2.24) is 4.57 Å². The Balaban J connectivity index is 0.912. The molecule has 3 heteroatoms. The van der Waals surface area contributed by atoms with Crippen molar-refractivity contribution >= 4 is 72.7 Å². The van der Waals surface area contributed by atoms with Gasteiger partial charge in [-0.15, -0.1) is 0 Å². The normalized spacial score (nSPS) is 11.5. The van der Waals surface area contributed by atoms with Crippen LogP contribution in [0.3, 0.4) is 0 Å². The predicted molar refractivity (Wildman–Crippen MR) is 269 cm³/mol. The quantitative estimate of drug-likeness (QED) is 0.138. The van der Waals surface area contributed by atoms with E-state index in [1.807, 2.05) is 0 Å². The van der Waals surface area contributed by atoms with Gasteiger partial charge in [-0.25, -0.2) is 0 Å². The standard InChI is InChI=1S/C60H40N2Se/c1-3-11-41(12-4-1)42-19-21-43(22-20-42)44-23-31-50(32-24-44)61(51-33-25-45(26-34-51)47-30-38-60-56(39-47)55-16-8-10-18-59(55)63-60)52-35-27-46(28-36-52)48-29-37-54-53-15-7-9-17-57(53)62(58(54)40-48)49-13-5-2-6-14-49/h1-40H. The van der Waals surface area contributed by atoms with Gasteiger partial charge in [0.15, 0.2) is 0 Å². The van der Waals surface area contributed by atoms with Gasteiger partial charge in [0.25, 0.3) is 0 Å².